The molecule has 7 heteroatoms. The number of nitrogens with one attached hydrogen (secondary N) is 2. The highest BCUT2D eigenvalue weighted by atomic mass is 16.2. The molecule has 0 fully saturated rings. The normalized spacial score (nSPS) is 10.4. The van der Waals surface area contributed by atoms with E-state index in [1.54, 1.807) is 30.3 Å². The molecule has 2 rings (SSSR count). The van der Waals surface area contributed by atoms with Crippen LogP contribution in [0.4, 0.5) is 4.79 Å². The van der Waals surface area contributed by atoms with E-state index in [4.69, 9.17) is 0 Å². The molecule has 2 aromatic rings. The van der Waals surface area contributed by atoms with Crippen LogP contribution < -0.4 is 10.7 Å². The predicted octanol–water partition coefficient (Wildman–Crippen LogP) is 2.30. The Kier molecular flexibility index (Phi) is 4.90. The van der Waals surface area contributed by atoms with Gasteiger partial charge in [-0.05, 0) is 12.1 Å². The molecule has 1 aromatic carbocycles. The first-order chi connectivity index (χ1) is 10.9. The number of aromatic nitrogens is 2. The van der Waals surface area contributed by atoms with Gasteiger partial charge < -0.3 is 0 Å². The summed E-state index contributed by atoms with van der Waals surface area (Å²) >= 11 is 0. The number of ketones is 1. The molecular weight excluding hydrogens is 296 g/mol. The van der Waals surface area contributed by atoms with Gasteiger partial charge in [-0.1, -0.05) is 32.0 Å². The molecule has 0 atom stereocenters. The second kappa shape index (κ2) is 6.87. The zero-order chi connectivity index (χ0) is 17.0. The summed E-state index contributed by atoms with van der Waals surface area (Å²) in [6.07, 6.45) is 1.40. The average Bonchev–Trinajstić information content (AvgIpc) is 2.91. The molecular formula is C16H18N4O3. The SMILES string of the molecule is CC(=O)c1cnc(C(C)C)n1NC(=O)NC(=O)c1ccccc1. The maximum atomic E-state index is 12.0. The summed E-state index contributed by atoms with van der Waals surface area (Å²) < 4.78 is 1.31. The first-order valence-corrected chi connectivity index (χ1v) is 7.16. The van der Waals surface area contributed by atoms with Crippen molar-refractivity contribution in [3.8, 4) is 0 Å². The van der Waals surface area contributed by atoms with Crippen LogP contribution in [0.25, 0.3) is 0 Å². The molecule has 0 saturated heterocycles. The monoisotopic (exact) mass is 314 g/mol. The fourth-order valence-electron chi connectivity index (χ4n) is 2.03. The predicted molar refractivity (Wildman–Crippen MR) is 85.0 cm³/mol. The Morgan fingerprint density at radius 2 is 1.78 bits per heavy atom. The maximum absolute atomic E-state index is 12.0. The number of urea groups is 1. The minimum absolute atomic E-state index is 0.00627. The molecule has 0 aliphatic heterocycles. The van der Waals surface area contributed by atoms with Crippen molar-refractivity contribution < 1.29 is 14.4 Å². The molecule has 2 N–H and O–H groups in total. The largest absolute Gasteiger partial charge is 0.340 e. The number of hydrogen-bond donors (Lipinski definition) is 2. The number of amides is 3. The zero-order valence-corrected chi connectivity index (χ0v) is 13.2. The fraction of sp³-hybridized carbons (Fsp3) is 0.250. The molecule has 0 aliphatic rings. The number of hydrogen-bond acceptors (Lipinski definition) is 4. The quantitative estimate of drug-likeness (QED) is 0.847. The summed E-state index contributed by atoms with van der Waals surface area (Å²) in [5.74, 6) is -0.247. The van der Waals surface area contributed by atoms with Crippen LogP contribution in [0.15, 0.2) is 36.5 Å². The van der Waals surface area contributed by atoms with Crippen molar-refractivity contribution in [2.75, 3.05) is 5.43 Å². The number of nitrogens with zero attached hydrogens (tertiary/aromatic N) is 2. The third-order valence-corrected chi connectivity index (χ3v) is 3.14. The van der Waals surface area contributed by atoms with Crippen molar-refractivity contribution in [3.05, 3.63) is 53.6 Å². The Labute approximate surface area is 133 Å². The van der Waals surface area contributed by atoms with Crippen molar-refractivity contribution in [1.29, 1.82) is 0 Å². The Bertz CT molecular complexity index is 735. The highest BCUT2D eigenvalue weighted by Gasteiger charge is 2.18. The minimum Gasteiger partial charge on any atom is -0.293 e. The van der Waals surface area contributed by atoms with Crippen LogP contribution in [-0.2, 0) is 0 Å². The van der Waals surface area contributed by atoms with Gasteiger partial charge in [0.2, 0.25) is 0 Å². The highest BCUT2D eigenvalue weighted by Crippen LogP contribution is 2.14. The molecule has 1 aromatic heterocycles. The van der Waals surface area contributed by atoms with Crippen molar-refractivity contribution in [3.63, 3.8) is 0 Å². The second-order valence-corrected chi connectivity index (χ2v) is 5.31. The maximum Gasteiger partial charge on any atom is 0.340 e. The van der Waals surface area contributed by atoms with Gasteiger partial charge in [0, 0.05) is 18.4 Å². The Hall–Kier alpha value is -2.96. The number of carbonyl (C=O) groups excluding carboxylic acids is 3. The van der Waals surface area contributed by atoms with Gasteiger partial charge in [0.1, 0.15) is 11.5 Å². The molecule has 23 heavy (non-hydrogen) atoms. The van der Waals surface area contributed by atoms with Crippen molar-refractivity contribution in [1.82, 2.24) is 15.0 Å². The van der Waals surface area contributed by atoms with E-state index >= 15 is 0 Å². The summed E-state index contributed by atoms with van der Waals surface area (Å²) in [6.45, 7) is 5.15. The lowest BCUT2D eigenvalue weighted by Gasteiger charge is -2.14. The van der Waals surface area contributed by atoms with Crippen molar-refractivity contribution >= 4 is 17.7 Å². The number of imidazole rings is 1. The number of Topliss-reactive ketones (excluding diaryl/α,β-unsaturated/α-hetero) is 1. The van der Waals surface area contributed by atoms with E-state index in [9.17, 15) is 14.4 Å². The van der Waals surface area contributed by atoms with Crippen LogP contribution in [0.5, 0.6) is 0 Å². The van der Waals surface area contributed by atoms with Crippen LogP contribution >= 0.6 is 0 Å². The highest BCUT2D eigenvalue weighted by molar-refractivity contribution is 6.06. The van der Waals surface area contributed by atoms with Crippen LogP contribution in [0.3, 0.4) is 0 Å². The lowest BCUT2D eigenvalue weighted by molar-refractivity contribution is 0.0965. The number of imide groups is 1. The van der Waals surface area contributed by atoms with E-state index in [1.165, 1.54) is 17.8 Å². The van der Waals surface area contributed by atoms with Crippen LogP contribution in [0.2, 0.25) is 0 Å². The first-order valence-electron chi connectivity index (χ1n) is 7.16. The summed E-state index contributed by atoms with van der Waals surface area (Å²) in [5, 5.41) is 2.22. The molecule has 120 valence electrons. The average molecular weight is 314 g/mol. The summed E-state index contributed by atoms with van der Waals surface area (Å²) in [5.41, 5.74) is 3.10. The molecule has 0 radical (unpaired) electrons. The minimum atomic E-state index is -0.735. The van der Waals surface area contributed by atoms with E-state index in [0.717, 1.165) is 0 Å². The Balaban J connectivity index is 2.16. The molecule has 0 bridgehead atoms. The van der Waals surface area contributed by atoms with Gasteiger partial charge >= 0.3 is 6.03 Å². The van der Waals surface area contributed by atoms with Crippen LogP contribution in [-0.4, -0.2) is 27.4 Å². The van der Waals surface area contributed by atoms with Gasteiger partial charge in [-0.2, -0.15) is 0 Å². The van der Waals surface area contributed by atoms with Gasteiger partial charge in [-0.3, -0.25) is 14.9 Å². The molecule has 0 aliphatic carbocycles. The van der Waals surface area contributed by atoms with Crippen LogP contribution in [0.1, 0.15) is 53.4 Å². The molecule has 0 saturated carbocycles. The van der Waals surface area contributed by atoms with E-state index in [0.29, 0.717) is 11.4 Å². The number of carbonyl (C=O) groups is 3. The molecule has 1 heterocycles. The van der Waals surface area contributed by atoms with Gasteiger partial charge in [0.15, 0.2) is 5.78 Å². The van der Waals surface area contributed by atoms with E-state index < -0.39 is 11.9 Å². The topological polar surface area (TPSA) is 93.1 Å². The Morgan fingerprint density at radius 3 is 2.35 bits per heavy atom. The fourth-order valence-corrected chi connectivity index (χ4v) is 2.03. The van der Waals surface area contributed by atoms with E-state index in [-0.39, 0.29) is 17.4 Å². The Morgan fingerprint density at radius 1 is 1.13 bits per heavy atom. The standard InChI is InChI=1S/C16H18N4O3/c1-10(2)14-17-9-13(11(3)21)20(14)19-16(23)18-15(22)12-7-5-4-6-8-12/h4-10H,1-3H3,(H2,18,19,22,23). The van der Waals surface area contributed by atoms with Crippen molar-refractivity contribution in [2.45, 2.75) is 26.7 Å². The summed E-state index contributed by atoms with van der Waals surface area (Å²) in [4.78, 5) is 39.8. The van der Waals surface area contributed by atoms with Gasteiger partial charge in [0.25, 0.3) is 5.91 Å². The first kappa shape index (κ1) is 16.4. The van der Waals surface area contributed by atoms with Gasteiger partial charge in [-0.25, -0.2) is 19.9 Å². The number of benzene rings is 1. The van der Waals surface area contributed by atoms with E-state index in [1.807, 2.05) is 13.8 Å². The smallest absolute Gasteiger partial charge is 0.293 e. The third kappa shape index (κ3) is 3.82. The van der Waals surface area contributed by atoms with E-state index in [2.05, 4.69) is 15.7 Å². The van der Waals surface area contributed by atoms with Gasteiger partial charge in [-0.15, -0.1) is 0 Å². The molecule has 7 nitrogen and oxygen atoms in total. The zero-order valence-electron chi connectivity index (χ0n) is 13.2. The van der Waals surface area contributed by atoms with Crippen LogP contribution in [0, 0.1) is 0 Å². The summed E-state index contributed by atoms with van der Waals surface area (Å²) in [6, 6.07) is 7.64. The number of rotatable bonds is 4. The lowest BCUT2D eigenvalue weighted by atomic mass is 10.2. The van der Waals surface area contributed by atoms with Gasteiger partial charge in [0.05, 0.1) is 6.20 Å². The third-order valence-electron chi connectivity index (χ3n) is 3.14. The van der Waals surface area contributed by atoms with Crippen molar-refractivity contribution in [2.24, 2.45) is 0 Å². The molecule has 0 spiro atoms. The lowest BCUT2D eigenvalue weighted by Crippen LogP contribution is -2.39. The summed E-state index contributed by atoms with van der Waals surface area (Å²) in [7, 11) is 0. The second-order valence-electron chi connectivity index (χ2n) is 5.31. The molecule has 3 amide bonds. The molecule has 0 unspecified atom stereocenters.